The summed E-state index contributed by atoms with van der Waals surface area (Å²) in [6.45, 7) is 10.2. The van der Waals surface area contributed by atoms with Crippen molar-refractivity contribution in [3.8, 4) is 5.75 Å². The zero-order valence-electron chi connectivity index (χ0n) is 19.2. The topological polar surface area (TPSA) is 61.8 Å². The van der Waals surface area contributed by atoms with Gasteiger partial charge in [0.1, 0.15) is 5.75 Å². The van der Waals surface area contributed by atoms with E-state index in [0.29, 0.717) is 5.92 Å². The van der Waals surface area contributed by atoms with Gasteiger partial charge in [0.15, 0.2) is 5.96 Å². The molecule has 7 heteroatoms. The van der Waals surface area contributed by atoms with Gasteiger partial charge >= 0.3 is 0 Å². The zero-order chi connectivity index (χ0) is 21.9. The Morgan fingerprint density at radius 2 is 1.97 bits per heavy atom. The van der Waals surface area contributed by atoms with E-state index in [1.54, 1.807) is 18.4 Å². The Morgan fingerprint density at radius 3 is 2.61 bits per heavy atom. The molecule has 1 saturated heterocycles. The van der Waals surface area contributed by atoms with Gasteiger partial charge in [-0.2, -0.15) is 0 Å². The Bertz CT molecular complexity index is 797. The van der Waals surface area contributed by atoms with E-state index in [2.05, 4.69) is 46.9 Å². The lowest BCUT2D eigenvalue weighted by Gasteiger charge is -2.30. The Kier molecular flexibility index (Phi) is 9.62. The summed E-state index contributed by atoms with van der Waals surface area (Å²) in [7, 11) is 1.70. The van der Waals surface area contributed by atoms with E-state index in [4.69, 9.17) is 14.7 Å². The molecule has 1 aliphatic heterocycles. The molecule has 0 bridgehead atoms. The minimum atomic E-state index is 0.662. The molecule has 0 amide bonds. The fourth-order valence-electron chi connectivity index (χ4n) is 3.82. The van der Waals surface area contributed by atoms with Crippen molar-refractivity contribution in [3.63, 3.8) is 0 Å². The summed E-state index contributed by atoms with van der Waals surface area (Å²) in [5.41, 5.74) is 2.52. The Hall–Kier alpha value is -2.12. The van der Waals surface area contributed by atoms with E-state index in [1.165, 1.54) is 29.1 Å². The summed E-state index contributed by atoms with van der Waals surface area (Å²) in [6.07, 6.45) is 4.41. The van der Waals surface area contributed by atoms with Gasteiger partial charge < -0.3 is 15.4 Å². The first-order chi connectivity index (χ1) is 15.2. The average Bonchev–Trinajstić information content (AvgIpc) is 3.26. The largest absolute Gasteiger partial charge is 0.497 e. The van der Waals surface area contributed by atoms with E-state index in [1.807, 2.05) is 12.1 Å². The minimum absolute atomic E-state index is 0.662. The summed E-state index contributed by atoms with van der Waals surface area (Å²) in [4.78, 5) is 12.1. The second-order valence-electron chi connectivity index (χ2n) is 8.05. The molecule has 1 aromatic heterocycles. The number of piperidine rings is 1. The highest BCUT2D eigenvalue weighted by Crippen LogP contribution is 2.20. The van der Waals surface area contributed by atoms with E-state index in [0.717, 1.165) is 63.8 Å². The maximum atomic E-state index is 5.22. The summed E-state index contributed by atoms with van der Waals surface area (Å²) < 4.78 is 5.22. The molecule has 170 valence electrons. The first-order valence-corrected chi connectivity index (χ1v) is 12.4. The van der Waals surface area contributed by atoms with E-state index in [-0.39, 0.29) is 0 Å². The van der Waals surface area contributed by atoms with Crippen LogP contribution in [0.5, 0.6) is 5.75 Å². The number of ether oxygens (including phenoxy) is 1. The fraction of sp³-hybridized carbons (Fsp3) is 0.583. The average molecular weight is 444 g/mol. The molecule has 6 nitrogen and oxygen atoms in total. The van der Waals surface area contributed by atoms with Crippen molar-refractivity contribution in [1.29, 1.82) is 0 Å². The summed E-state index contributed by atoms with van der Waals surface area (Å²) in [5, 5.41) is 10.3. The molecule has 0 atom stereocenters. The van der Waals surface area contributed by atoms with Crippen LogP contribution in [0.25, 0.3) is 0 Å². The molecule has 1 aliphatic rings. The van der Waals surface area contributed by atoms with Gasteiger partial charge in [-0.25, -0.2) is 4.98 Å². The number of aliphatic imine (C=N–C) groups is 1. The molecule has 2 heterocycles. The lowest BCUT2D eigenvalue weighted by Crippen LogP contribution is -2.39. The van der Waals surface area contributed by atoms with Gasteiger partial charge in [0.2, 0.25) is 0 Å². The molecular formula is C24H37N5OS. The van der Waals surface area contributed by atoms with Crippen LogP contribution in [0.2, 0.25) is 0 Å². The van der Waals surface area contributed by atoms with E-state index < -0.39 is 0 Å². The molecule has 0 spiro atoms. The molecule has 31 heavy (non-hydrogen) atoms. The Balaban J connectivity index is 1.39. The number of nitrogens with zero attached hydrogens (tertiary/aromatic N) is 3. The number of benzene rings is 1. The van der Waals surface area contributed by atoms with E-state index >= 15 is 0 Å². The maximum absolute atomic E-state index is 5.22. The number of hydrogen-bond acceptors (Lipinski definition) is 5. The normalized spacial score (nSPS) is 15.8. The number of nitrogens with one attached hydrogen (secondary N) is 2. The van der Waals surface area contributed by atoms with Crippen molar-refractivity contribution in [1.82, 2.24) is 20.5 Å². The minimum Gasteiger partial charge on any atom is -0.497 e. The van der Waals surface area contributed by atoms with Gasteiger partial charge in [0.25, 0.3) is 0 Å². The standard InChI is InChI=1S/C24H37N5OS/c1-4-23-28-21(18-31-23)17-29-14-11-20(12-15-29)16-27-24(25-5-2)26-13-10-19-6-8-22(30-3)9-7-19/h6-9,18,20H,4-5,10-17H2,1-3H3,(H2,25,26,27). The number of thiazole rings is 1. The lowest BCUT2D eigenvalue weighted by atomic mass is 9.97. The van der Waals surface area contributed by atoms with Crippen LogP contribution in [0.15, 0.2) is 34.6 Å². The molecule has 1 fully saturated rings. The molecule has 2 aromatic rings. The third-order valence-electron chi connectivity index (χ3n) is 5.71. The lowest BCUT2D eigenvalue weighted by molar-refractivity contribution is 0.179. The SMILES string of the molecule is CCNC(=NCC1CCN(Cc2csc(CC)n2)CC1)NCCc1ccc(OC)cc1. The quantitative estimate of drug-likeness (QED) is 0.433. The number of rotatable bonds is 10. The molecule has 2 N–H and O–H groups in total. The Labute approximate surface area is 191 Å². The molecule has 0 aliphatic carbocycles. The second kappa shape index (κ2) is 12.7. The van der Waals surface area contributed by atoms with Crippen molar-refractivity contribution in [2.24, 2.45) is 10.9 Å². The zero-order valence-corrected chi connectivity index (χ0v) is 20.0. The van der Waals surface area contributed by atoms with Gasteiger partial charge in [-0.15, -0.1) is 11.3 Å². The van der Waals surface area contributed by atoms with Crippen LogP contribution in [0, 0.1) is 5.92 Å². The van der Waals surface area contributed by atoms with Crippen molar-refractivity contribution < 1.29 is 4.74 Å². The molecule has 0 radical (unpaired) electrons. The molecular weight excluding hydrogens is 406 g/mol. The predicted octanol–water partition coefficient (Wildman–Crippen LogP) is 3.72. The number of aryl methyl sites for hydroxylation is 1. The smallest absolute Gasteiger partial charge is 0.191 e. The van der Waals surface area contributed by atoms with Crippen LogP contribution in [-0.2, 0) is 19.4 Å². The highest BCUT2D eigenvalue weighted by molar-refractivity contribution is 7.09. The Morgan fingerprint density at radius 1 is 1.19 bits per heavy atom. The van der Waals surface area contributed by atoms with Gasteiger partial charge in [-0.05, 0) is 69.3 Å². The number of methoxy groups -OCH3 is 1. The molecule has 0 saturated carbocycles. The van der Waals surface area contributed by atoms with Gasteiger partial charge in [0, 0.05) is 31.6 Å². The first kappa shape index (κ1) is 23.5. The van der Waals surface area contributed by atoms with E-state index in [9.17, 15) is 0 Å². The third-order valence-corrected chi connectivity index (χ3v) is 6.75. The van der Waals surface area contributed by atoms with Crippen LogP contribution >= 0.6 is 11.3 Å². The summed E-state index contributed by atoms with van der Waals surface area (Å²) in [5.74, 6) is 2.48. The van der Waals surface area contributed by atoms with Crippen molar-refractivity contribution >= 4 is 17.3 Å². The first-order valence-electron chi connectivity index (χ1n) is 11.5. The number of aromatic nitrogens is 1. The highest BCUT2D eigenvalue weighted by Gasteiger charge is 2.20. The molecule has 0 unspecified atom stereocenters. The highest BCUT2D eigenvalue weighted by atomic mass is 32.1. The van der Waals surface area contributed by atoms with Crippen molar-refractivity contribution in [3.05, 3.63) is 45.9 Å². The van der Waals surface area contributed by atoms with Crippen molar-refractivity contribution in [2.45, 2.75) is 46.1 Å². The summed E-state index contributed by atoms with van der Waals surface area (Å²) >= 11 is 1.79. The van der Waals surface area contributed by atoms with Gasteiger partial charge in [0.05, 0.1) is 17.8 Å². The summed E-state index contributed by atoms with van der Waals surface area (Å²) in [6, 6.07) is 8.26. The third kappa shape index (κ3) is 7.82. The predicted molar refractivity (Wildman–Crippen MR) is 130 cm³/mol. The van der Waals surface area contributed by atoms with Crippen LogP contribution < -0.4 is 15.4 Å². The van der Waals surface area contributed by atoms with Gasteiger partial charge in [-0.1, -0.05) is 19.1 Å². The van der Waals surface area contributed by atoms with Crippen LogP contribution in [0.1, 0.15) is 43.0 Å². The van der Waals surface area contributed by atoms with Crippen molar-refractivity contribution in [2.75, 3.05) is 39.8 Å². The number of hydrogen-bond donors (Lipinski definition) is 2. The second-order valence-corrected chi connectivity index (χ2v) is 8.99. The van der Waals surface area contributed by atoms with Crippen LogP contribution in [0.4, 0.5) is 0 Å². The van der Waals surface area contributed by atoms with Gasteiger partial charge in [-0.3, -0.25) is 9.89 Å². The monoisotopic (exact) mass is 443 g/mol. The van der Waals surface area contributed by atoms with Crippen LogP contribution in [0.3, 0.4) is 0 Å². The maximum Gasteiger partial charge on any atom is 0.191 e. The number of guanidine groups is 1. The molecule has 3 rings (SSSR count). The number of likely N-dealkylation sites (tertiary alicyclic amines) is 1. The fourth-order valence-corrected chi connectivity index (χ4v) is 4.56. The van der Waals surface area contributed by atoms with Crippen LogP contribution in [-0.4, -0.2) is 55.7 Å². The molecule has 1 aromatic carbocycles.